The molecule has 0 aliphatic heterocycles. The Morgan fingerprint density at radius 3 is 2.53 bits per heavy atom. The molecule has 0 amide bonds. The van der Waals surface area contributed by atoms with Crippen molar-refractivity contribution in [3.63, 3.8) is 0 Å². The van der Waals surface area contributed by atoms with Crippen molar-refractivity contribution in [3.05, 3.63) is 29.3 Å². The summed E-state index contributed by atoms with van der Waals surface area (Å²) in [5, 5.41) is 0. The van der Waals surface area contributed by atoms with Gasteiger partial charge >= 0.3 is 6.18 Å². The molecule has 2 N–H and O–H groups in total. The van der Waals surface area contributed by atoms with Gasteiger partial charge in [-0.3, -0.25) is 0 Å². The van der Waals surface area contributed by atoms with E-state index in [2.05, 4.69) is 0 Å². The Hall–Kier alpha value is -1.30. The highest BCUT2D eigenvalue weighted by molar-refractivity contribution is 7.80. The fourth-order valence-corrected chi connectivity index (χ4v) is 2.18. The van der Waals surface area contributed by atoms with Gasteiger partial charge in [-0.05, 0) is 37.0 Å². The van der Waals surface area contributed by atoms with Gasteiger partial charge in [0.2, 0.25) is 0 Å². The number of rotatable bonds is 4. The lowest BCUT2D eigenvalue weighted by molar-refractivity contribution is -0.137. The molecule has 1 saturated carbocycles. The highest BCUT2D eigenvalue weighted by Crippen LogP contribution is 2.35. The molecule has 1 aliphatic rings. The van der Waals surface area contributed by atoms with Crippen LogP contribution in [0.25, 0.3) is 0 Å². The number of thiocarbonyl (C=S) groups is 1. The first kappa shape index (κ1) is 14.1. The highest BCUT2D eigenvalue weighted by Gasteiger charge is 2.34. The van der Waals surface area contributed by atoms with Gasteiger partial charge in [-0.1, -0.05) is 12.2 Å². The largest absolute Gasteiger partial charge is 0.417 e. The smallest absolute Gasteiger partial charge is 0.389 e. The van der Waals surface area contributed by atoms with E-state index in [0.29, 0.717) is 11.6 Å². The molecule has 0 heterocycles. The van der Waals surface area contributed by atoms with E-state index in [9.17, 15) is 13.2 Å². The third-order valence-corrected chi connectivity index (χ3v) is 3.46. The monoisotopic (exact) mass is 288 g/mol. The molecule has 0 spiro atoms. The second-order valence-corrected chi connectivity index (χ2v) is 5.36. The van der Waals surface area contributed by atoms with Gasteiger partial charge in [-0.25, -0.2) is 0 Å². The standard InChI is InChI=1S/C13H15F3N2S/c1-18(7-8-2-3-8)9-4-5-11(13(14,15)16)10(6-9)12(17)19/h4-6,8H,2-3,7H2,1H3,(H2,17,19). The maximum atomic E-state index is 12.8. The van der Waals surface area contributed by atoms with Crippen molar-refractivity contribution < 1.29 is 13.2 Å². The molecule has 2 rings (SSSR count). The minimum Gasteiger partial charge on any atom is -0.389 e. The van der Waals surface area contributed by atoms with Crippen molar-refractivity contribution in [1.82, 2.24) is 0 Å². The molecule has 1 aromatic rings. The highest BCUT2D eigenvalue weighted by atomic mass is 32.1. The molecule has 1 aromatic carbocycles. The summed E-state index contributed by atoms with van der Waals surface area (Å²) in [6, 6.07) is 3.94. The molecule has 0 saturated heterocycles. The van der Waals surface area contributed by atoms with Crippen LogP contribution in [-0.4, -0.2) is 18.6 Å². The number of hydrogen-bond donors (Lipinski definition) is 1. The lowest BCUT2D eigenvalue weighted by Gasteiger charge is -2.21. The third kappa shape index (κ3) is 3.37. The van der Waals surface area contributed by atoms with Crippen molar-refractivity contribution >= 4 is 22.9 Å². The first-order valence-electron chi connectivity index (χ1n) is 6.01. The molecule has 1 fully saturated rings. The van der Waals surface area contributed by atoms with Crippen LogP contribution >= 0.6 is 12.2 Å². The number of hydrogen-bond acceptors (Lipinski definition) is 2. The third-order valence-electron chi connectivity index (χ3n) is 3.24. The minimum atomic E-state index is -4.44. The van der Waals surface area contributed by atoms with E-state index >= 15 is 0 Å². The van der Waals surface area contributed by atoms with Gasteiger partial charge in [-0.2, -0.15) is 13.2 Å². The summed E-state index contributed by atoms with van der Waals surface area (Å²) in [5.41, 5.74) is 5.23. The summed E-state index contributed by atoms with van der Waals surface area (Å²) in [6.45, 7) is 0.849. The summed E-state index contributed by atoms with van der Waals surface area (Å²) in [4.78, 5) is 1.72. The van der Waals surface area contributed by atoms with Crippen LogP contribution in [0.3, 0.4) is 0 Å². The van der Waals surface area contributed by atoms with E-state index in [1.165, 1.54) is 25.0 Å². The van der Waals surface area contributed by atoms with Crippen LogP contribution in [0.1, 0.15) is 24.0 Å². The Kier molecular flexibility index (Phi) is 3.71. The summed E-state index contributed by atoms with van der Waals surface area (Å²) in [5.74, 6) is 0.653. The molecule has 0 atom stereocenters. The Morgan fingerprint density at radius 2 is 2.05 bits per heavy atom. The van der Waals surface area contributed by atoms with E-state index in [-0.39, 0.29) is 10.6 Å². The quantitative estimate of drug-likeness (QED) is 0.863. The van der Waals surface area contributed by atoms with Crippen molar-refractivity contribution in [1.29, 1.82) is 0 Å². The van der Waals surface area contributed by atoms with Crippen LogP contribution in [0.4, 0.5) is 18.9 Å². The van der Waals surface area contributed by atoms with Crippen LogP contribution in [0.2, 0.25) is 0 Å². The molecule has 1 aliphatic carbocycles. The molecule has 0 unspecified atom stereocenters. The average molecular weight is 288 g/mol. The lowest BCUT2D eigenvalue weighted by atomic mass is 10.1. The molecule has 2 nitrogen and oxygen atoms in total. The Labute approximate surface area is 115 Å². The summed E-state index contributed by atoms with van der Waals surface area (Å²) in [7, 11) is 1.87. The lowest BCUT2D eigenvalue weighted by Crippen LogP contribution is -2.22. The SMILES string of the molecule is CN(CC1CC1)c1ccc(C(F)(F)F)c(C(N)=S)c1. The molecule has 0 radical (unpaired) electrons. The Morgan fingerprint density at radius 1 is 1.42 bits per heavy atom. The fraction of sp³-hybridized carbons (Fsp3) is 0.462. The zero-order chi connectivity index (χ0) is 14.2. The molecule has 104 valence electrons. The van der Waals surface area contributed by atoms with Crippen LogP contribution in [0, 0.1) is 5.92 Å². The minimum absolute atomic E-state index is 0.109. The molecule has 0 bridgehead atoms. The molecule has 0 aromatic heterocycles. The second-order valence-electron chi connectivity index (χ2n) is 4.92. The molecule has 6 heteroatoms. The van der Waals surface area contributed by atoms with Crippen molar-refractivity contribution in [3.8, 4) is 0 Å². The first-order valence-corrected chi connectivity index (χ1v) is 6.42. The number of anilines is 1. The van der Waals surface area contributed by atoms with E-state index in [1.54, 1.807) is 0 Å². The maximum absolute atomic E-state index is 12.8. The molecular weight excluding hydrogens is 273 g/mol. The average Bonchev–Trinajstić information content (AvgIpc) is 3.10. The van der Waals surface area contributed by atoms with E-state index in [0.717, 1.165) is 12.6 Å². The van der Waals surface area contributed by atoms with Crippen LogP contribution < -0.4 is 10.6 Å². The normalized spacial score (nSPS) is 15.4. The van der Waals surface area contributed by atoms with Crippen molar-refractivity contribution in [2.45, 2.75) is 19.0 Å². The second kappa shape index (κ2) is 5.00. The van der Waals surface area contributed by atoms with Crippen LogP contribution in [-0.2, 0) is 6.18 Å². The van der Waals surface area contributed by atoms with E-state index < -0.39 is 11.7 Å². The van der Waals surface area contributed by atoms with Crippen LogP contribution in [0.5, 0.6) is 0 Å². The van der Waals surface area contributed by atoms with Gasteiger partial charge in [0, 0.05) is 24.8 Å². The van der Waals surface area contributed by atoms with Gasteiger partial charge in [0.15, 0.2) is 0 Å². The summed E-state index contributed by atoms with van der Waals surface area (Å²) >= 11 is 4.72. The predicted octanol–water partition coefficient (Wildman–Crippen LogP) is 3.19. The fourth-order valence-electron chi connectivity index (χ4n) is 2.01. The Bertz CT molecular complexity index is 495. The maximum Gasteiger partial charge on any atom is 0.417 e. The van der Waals surface area contributed by atoms with Gasteiger partial charge in [0.05, 0.1) is 5.56 Å². The van der Waals surface area contributed by atoms with Gasteiger partial charge in [0.25, 0.3) is 0 Å². The number of nitrogens with zero attached hydrogens (tertiary/aromatic N) is 1. The van der Waals surface area contributed by atoms with E-state index in [1.807, 2.05) is 11.9 Å². The zero-order valence-electron chi connectivity index (χ0n) is 10.5. The Balaban J connectivity index is 2.32. The number of alkyl halides is 3. The van der Waals surface area contributed by atoms with E-state index in [4.69, 9.17) is 18.0 Å². The summed E-state index contributed by atoms with van der Waals surface area (Å²) in [6.07, 6.45) is -2.06. The number of benzene rings is 1. The zero-order valence-corrected chi connectivity index (χ0v) is 11.3. The van der Waals surface area contributed by atoms with Gasteiger partial charge in [-0.15, -0.1) is 0 Å². The molecule has 19 heavy (non-hydrogen) atoms. The van der Waals surface area contributed by atoms with Crippen molar-refractivity contribution in [2.24, 2.45) is 11.7 Å². The van der Waals surface area contributed by atoms with Gasteiger partial charge in [0.1, 0.15) is 4.99 Å². The van der Waals surface area contributed by atoms with Crippen molar-refractivity contribution in [2.75, 3.05) is 18.5 Å². The van der Waals surface area contributed by atoms with Crippen LogP contribution in [0.15, 0.2) is 18.2 Å². The predicted molar refractivity (Wildman–Crippen MR) is 73.3 cm³/mol. The molecular formula is C13H15F3N2S. The van der Waals surface area contributed by atoms with Gasteiger partial charge < -0.3 is 10.6 Å². The topological polar surface area (TPSA) is 29.3 Å². The number of nitrogens with two attached hydrogens (primary N) is 1. The first-order chi connectivity index (χ1) is 8.79. The number of halogens is 3. The summed E-state index contributed by atoms with van der Waals surface area (Å²) < 4.78 is 38.5.